The second-order valence-corrected chi connectivity index (χ2v) is 6.65. The number of fused-ring (bicyclic) bond motifs is 1. The lowest BCUT2D eigenvalue weighted by molar-refractivity contribution is -0.122. The van der Waals surface area contributed by atoms with Gasteiger partial charge in [0.25, 0.3) is 5.91 Å². The summed E-state index contributed by atoms with van der Waals surface area (Å²) in [4.78, 5) is 16.8. The van der Waals surface area contributed by atoms with Gasteiger partial charge in [-0.05, 0) is 62.2 Å². The van der Waals surface area contributed by atoms with Gasteiger partial charge in [0.2, 0.25) is 0 Å². The van der Waals surface area contributed by atoms with Gasteiger partial charge >= 0.3 is 0 Å². The van der Waals surface area contributed by atoms with Crippen LogP contribution >= 0.6 is 11.6 Å². The Bertz CT molecular complexity index is 916. The van der Waals surface area contributed by atoms with Crippen molar-refractivity contribution in [3.8, 4) is 5.75 Å². The Hall–Kier alpha value is -2.53. The Balaban J connectivity index is 1.44. The summed E-state index contributed by atoms with van der Waals surface area (Å²) >= 11 is 5.84. The summed E-state index contributed by atoms with van der Waals surface area (Å²) in [6.07, 6.45) is 1.63. The number of ether oxygens (including phenoxy) is 1. The van der Waals surface area contributed by atoms with Crippen molar-refractivity contribution in [2.24, 2.45) is 0 Å². The highest BCUT2D eigenvalue weighted by molar-refractivity contribution is 6.30. The summed E-state index contributed by atoms with van der Waals surface area (Å²) in [5.74, 6) is 1.60. The smallest absolute Gasteiger partial charge is 0.265 e. The number of amides is 1. The van der Waals surface area contributed by atoms with E-state index >= 15 is 0 Å². The van der Waals surface area contributed by atoms with E-state index in [0.29, 0.717) is 22.4 Å². The molecule has 1 N–H and O–H groups in total. The number of carbonyl (C=O) groups is 1. The first-order valence-corrected chi connectivity index (χ1v) is 8.60. The van der Waals surface area contributed by atoms with E-state index in [-0.39, 0.29) is 5.91 Å². The molecule has 2 aromatic carbocycles. The van der Waals surface area contributed by atoms with Gasteiger partial charge in [-0.15, -0.1) is 0 Å². The van der Waals surface area contributed by atoms with E-state index < -0.39 is 6.10 Å². The van der Waals surface area contributed by atoms with Crippen molar-refractivity contribution in [1.82, 2.24) is 4.98 Å². The molecule has 0 bridgehead atoms. The maximum atomic E-state index is 12.3. The summed E-state index contributed by atoms with van der Waals surface area (Å²) in [5.41, 5.74) is 2.16. The third-order valence-corrected chi connectivity index (χ3v) is 4.35. The van der Waals surface area contributed by atoms with Gasteiger partial charge in [0.05, 0.1) is 0 Å². The van der Waals surface area contributed by atoms with Gasteiger partial charge in [-0.25, -0.2) is 4.98 Å². The van der Waals surface area contributed by atoms with Gasteiger partial charge in [-0.3, -0.25) is 4.79 Å². The quantitative estimate of drug-likeness (QED) is 0.715. The average Bonchev–Trinajstić information content (AvgIpc) is 3.36. The number of anilines is 1. The zero-order chi connectivity index (χ0) is 17.4. The van der Waals surface area contributed by atoms with Crippen molar-refractivity contribution in [2.45, 2.75) is 31.8 Å². The molecule has 0 radical (unpaired) electrons. The van der Waals surface area contributed by atoms with Crippen LogP contribution in [0, 0.1) is 0 Å². The molecule has 5 nitrogen and oxygen atoms in total. The fourth-order valence-electron chi connectivity index (χ4n) is 2.54. The zero-order valence-electron chi connectivity index (χ0n) is 13.7. The average molecular weight is 357 g/mol. The van der Waals surface area contributed by atoms with Gasteiger partial charge in [-0.2, -0.15) is 0 Å². The second-order valence-electron chi connectivity index (χ2n) is 6.21. The topological polar surface area (TPSA) is 64.4 Å². The van der Waals surface area contributed by atoms with Gasteiger partial charge < -0.3 is 14.5 Å². The number of carbonyl (C=O) groups excluding carboxylic acids is 1. The van der Waals surface area contributed by atoms with Gasteiger partial charge in [0, 0.05) is 16.6 Å². The number of nitrogens with one attached hydrogen (secondary N) is 1. The van der Waals surface area contributed by atoms with Gasteiger partial charge in [0.15, 0.2) is 17.6 Å². The normalized spacial score (nSPS) is 15.1. The molecule has 25 heavy (non-hydrogen) atoms. The van der Waals surface area contributed by atoms with Crippen molar-refractivity contribution in [2.75, 3.05) is 5.32 Å². The molecule has 1 aromatic heterocycles. The molecule has 1 unspecified atom stereocenters. The van der Waals surface area contributed by atoms with Crippen LogP contribution < -0.4 is 10.1 Å². The lowest BCUT2D eigenvalue weighted by atomic mass is 10.2. The van der Waals surface area contributed by atoms with Gasteiger partial charge in [-0.1, -0.05) is 11.6 Å². The first kappa shape index (κ1) is 16.0. The van der Waals surface area contributed by atoms with Crippen molar-refractivity contribution >= 4 is 34.3 Å². The van der Waals surface area contributed by atoms with E-state index in [0.717, 1.165) is 29.8 Å². The fourth-order valence-corrected chi connectivity index (χ4v) is 2.67. The molecule has 1 atom stereocenters. The maximum absolute atomic E-state index is 12.3. The second kappa shape index (κ2) is 6.41. The molecule has 0 aliphatic heterocycles. The van der Waals surface area contributed by atoms with Crippen molar-refractivity contribution in [3.05, 3.63) is 53.4 Å². The predicted molar refractivity (Wildman–Crippen MR) is 96.2 cm³/mol. The monoisotopic (exact) mass is 356 g/mol. The van der Waals surface area contributed by atoms with E-state index in [1.165, 1.54) is 0 Å². The summed E-state index contributed by atoms with van der Waals surface area (Å²) < 4.78 is 11.4. The van der Waals surface area contributed by atoms with Crippen LogP contribution in [0.2, 0.25) is 5.02 Å². The van der Waals surface area contributed by atoms with E-state index in [1.54, 1.807) is 37.3 Å². The largest absolute Gasteiger partial charge is 0.481 e. The van der Waals surface area contributed by atoms with Crippen molar-refractivity contribution < 1.29 is 13.9 Å². The van der Waals surface area contributed by atoms with Crippen LogP contribution in [0.15, 0.2) is 46.9 Å². The number of benzene rings is 2. The van der Waals surface area contributed by atoms with Crippen molar-refractivity contribution in [3.63, 3.8) is 0 Å². The molecular formula is C19H17ClN2O3. The number of nitrogens with zero attached hydrogens (tertiary/aromatic N) is 1. The summed E-state index contributed by atoms with van der Waals surface area (Å²) in [6.45, 7) is 1.70. The first-order valence-electron chi connectivity index (χ1n) is 8.22. The number of hydrogen-bond acceptors (Lipinski definition) is 4. The minimum absolute atomic E-state index is 0.236. The van der Waals surface area contributed by atoms with Gasteiger partial charge in [0.1, 0.15) is 11.3 Å². The molecule has 0 spiro atoms. The molecule has 128 valence electrons. The van der Waals surface area contributed by atoms with E-state index in [1.807, 2.05) is 12.1 Å². The Kier molecular flexibility index (Phi) is 4.09. The molecule has 1 aliphatic rings. The molecule has 6 heteroatoms. The van der Waals surface area contributed by atoms with Crippen LogP contribution in [-0.2, 0) is 4.79 Å². The van der Waals surface area contributed by atoms with Crippen LogP contribution in [0.3, 0.4) is 0 Å². The van der Waals surface area contributed by atoms with Crippen LogP contribution in [0.25, 0.3) is 11.1 Å². The zero-order valence-corrected chi connectivity index (χ0v) is 14.4. The summed E-state index contributed by atoms with van der Waals surface area (Å²) in [7, 11) is 0. The Labute approximate surface area is 149 Å². The first-order chi connectivity index (χ1) is 12.1. The third kappa shape index (κ3) is 3.61. The van der Waals surface area contributed by atoms with Crippen LogP contribution in [0.4, 0.5) is 5.69 Å². The van der Waals surface area contributed by atoms with E-state index in [4.69, 9.17) is 20.8 Å². The maximum Gasteiger partial charge on any atom is 0.265 e. The number of rotatable bonds is 5. The molecule has 1 saturated carbocycles. The van der Waals surface area contributed by atoms with E-state index in [2.05, 4.69) is 10.3 Å². The standard InChI is InChI=1S/C19H17ClN2O3/c1-11(24-15-7-4-13(20)5-8-15)18(23)21-14-6-9-17-16(10-14)22-19(25-17)12-2-3-12/h4-12H,2-3H2,1H3,(H,21,23). The molecule has 1 heterocycles. The highest BCUT2D eigenvalue weighted by atomic mass is 35.5. The minimum atomic E-state index is -0.642. The molecule has 1 aliphatic carbocycles. The molecular weight excluding hydrogens is 340 g/mol. The number of oxazole rings is 1. The highest BCUT2D eigenvalue weighted by Crippen LogP contribution is 2.40. The molecule has 3 aromatic rings. The Morgan fingerprint density at radius 2 is 2.04 bits per heavy atom. The van der Waals surface area contributed by atoms with Crippen LogP contribution in [0.5, 0.6) is 5.75 Å². The molecule has 0 saturated heterocycles. The number of aromatic nitrogens is 1. The van der Waals surface area contributed by atoms with Crippen LogP contribution in [0.1, 0.15) is 31.6 Å². The SMILES string of the molecule is CC(Oc1ccc(Cl)cc1)C(=O)Nc1ccc2oc(C3CC3)nc2c1. The minimum Gasteiger partial charge on any atom is -0.481 e. The number of halogens is 1. The summed E-state index contributed by atoms with van der Waals surface area (Å²) in [5, 5.41) is 3.47. The fraction of sp³-hybridized carbons (Fsp3) is 0.263. The lowest BCUT2D eigenvalue weighted by Gasteiger charge is -2.14. The highest BCUT2D eigenvalue weighted by Gasteiger charge is 2.29. The van der Waals surface area contributed by atoms with E-state index in [9.17, 15) is 4.79 Å². The van der Waals surface area contributed by atoms with Crippen LogP contribution in [-0.4, -0.2) is 17.0 Å². The third-order valence-electron chi connectivity index (χ3n) is 4.09. The molecule has 4 rings (SSSR count). The summed E-state index contributed by atoms with van der Waals surface area (Å²) in [6, 6.07) is 12.3. The molecule has 1 fully saturated rings. The Morgan fingerprint density at radius 3 is 2.76 bits per heavy atom. The predicted octanol–water partition coefficient (Wildman–Crippen LogP) is 4.76. The van der Waals surface area contributed by atoms with Crippen molar-refractivity contribution in [1.29, 1.82) is 0 Å². The Morgan fingerprint density at radius 1 is 1.28 bits per heavy atom. The lowest BCUT2D eigenvalue weighted by Crippen LogP contribution is -2.30. The number of hydrogen-bond donors (Lipinski definition) is 1. The molecule has 1 amide bonds.